The Morgan fingerprint density at radius 2 is 1.70 bits per heavy atom. The van der Waals surface area contributed by atoms with Crippen LogP contribution in [-0.2, 0) is 14.8 Å². The molecule has 4 rings (SSSR count). The zero-order chi connectivity index (χ0) is 26.7. The molecule has 192 valence electrons. The molecule has 0 bridgehead atoms. The molecule has 0 aliphatic heterocycles. The molecule has 0 aliphatic carbocycles. The van der Waals surface area contributed by atoms with Crippen LogP contribution in [-0.4, -0.2) is 20.4 Å². The molecule has 9 heteroatoms. The molecule has 0 unspecified atom stereocenters. The van der Waals surface area contributed by atoms with Crippen molar-refractivity contribution in [3.8, 4) is 16.9 Å². The summed E-state index contributed by atoms with van der Waals surface area (Å²) in [6, 6.07) is 18.7. The van der Waals surface area contributed by atoms with E-state index in [1.807, 2.05) is 51.1 Å². The van der Waals surface area contributed by atoms with E-state index < -0.39 is 27.7 Å². The van der Waals surface area contributed by atoms with E-state index in [2.05, 4.69) is 4.72 Å². The third kappa shape index (κ3) is 6.28. The summed E-state index contributed by atoms with van der Waals surface area (Å²) in [6.45, 7) is 5.58. The molecule has 1 heterocycles. The predicted molar refractivity (Wildman–Crippen MR) is 143 cm³/mol. The Labute approximate surface area is 220 Å². The molecule has 4 aromatic rings. The van der Waals surface area contributed by atoms with Gasteiger partial charge < -0.3 is 9.15 Å². The molecule has 0 fully saturated rings. The number of carbonyl (C=O) groups excluding carboxylic acids is 1. The Morgan fingerprint density at radius 3 is 2.35 bits per heavy atom. The normalized spacial score (nSPS) is 12.6. The maximum Gasteiger partial charge on any atom is 0.336 e. The summed E-state index contributed by atoms with van der Waals surface area (Å²) in [6.07, 6.45) is 0.197. The molecule has 0 amide bonds. The van der Waals surface area contributed by atoms with E-state index in [0.29, 0.717) is 10.9 Å². The SMILES string of the molecule is Cc1ccc(S(=O)(=O)N[C@H](CC(C)C)C(=O)Oc2cc3oc(=O)cc(-c4ccccc4)c3cc2Cl)cc1. The van der Waals surface area contributed by atoms with Crippen molar-refractivity contribution in [2.45, 2.75) is 38.1 Å². The summed E-state index contributed by atoms with van der Waals surface area (Å²) in [5.41, 5.74) is 1.93. The van der Waals surface area contributed by atoms with Gasteiger partial charge in [0.2, 0.25) is 10.0 Å². The molecule has 3 aromatic carbocycles. The van der Waals surface area contributed by atoms with Gasteiger partial charge in [-0.15, -0.1) is 0 Å². The number of rotatable bonds is 8. The molecule has 1 N–H and O–H groups in total. The second-order valence-electron chi connectivity index (χ2n) is 9.16. The molecule has 7 nitrogen and oxygen atoms in total. The van der Waals surface area contributed by atoms with E-state index >= 15 is 0 Å². The van der Waals surface area contributed by atoms with Crippen LogP contribution in [0.4, 0.5) is 0 Å². The van der Waals surface area contributed by atoms with Crippen LogP contribution in [0.15, 0.2) is 86.9 Å². The Hall–Kier alpha value is -3.46. The minimum absolute atomic E-state index is 0.0169. The fourth-order valence-electron chi connectivity index (χ4n) is 3.91. The Kier molecular flexibility index (Phi) is 7.82. The van der Waals surface area contributed by atoms with Gasteiger partial charge in [0.1, 0.15) is 11.6 Å². The number of benzene rings is 3. The lowest BCUT2D eigenvalue weighted by Crippen LogP contribution is -2.43. The lowest BCUT2D eigenvalue weighted by atomic mass is 10.0. The average Bonchev–Trinajstić information content (AvgIpc) is 2.84. The van der Waals surface area contributed by atoms with E-state index in [1.54, 1.807) is 18.2 Å². The van der Waals surface area contributed by atoms with Crippen molar-refractivity contribution in [1.29, 1.82) is 0 Å². The molecule has 37 heavy (non-hydrogen) atoms. The van der Waals surface area contributed by atoms with Crippen LogP contribution in [0.5, 0.6) is 5.75 Å². The van der Waals surface area contributed by atoms with Crippen LogP contribution in [0.3, 0.4) is 0 Å². The van der Waals surface area contributed by atoms with Gasteiger partial charge in [-0.3, -0.25) is 0 Å². The summed E-state index contributed by atoms with van der Waals surface area (Å²) < 4.78 is 39.3. The van der Waals surface area contributed by atoms with Gasteiger partial charge in [-0.2, -0.15) is 4.72 Å². The smallest absolute Gasteiger partial charge is 0.336 e. The molecule has 0 radical (unpaired) electrons. The van der Waals surface area contributed by atoms with Gasteiger partial charge in [0.05, 0.1) is 9.92 Å². The second-order valence-corrected chi connectivity index (χ2v) is 11.3. The van der Waals surface area contributed by atoms with Gasteiger partial charge in [0, 0.05) is 17.5 Å². The van der Waals surface area contributed by atoms with Gasteiger partial charge in [-0.25, -0.2) is 18.0 Å². The number of sulfonamides is 1. The van der Waals surface area contributed by atoms with Crippen molar-refractivity contribution in [2.24, 2.45) is 5.92 Å². The Morgan fingerprint density at radius 1 is 1.03 bits per heavy atom. The number of carbonyl (C=O) groups is 1. The lowest BCUT2D eigenvalue weighted by Gasteiger charge is -2.20. The van der Waals surface area contributed by atoms with Crippen molar-refractivity contribution in [3.05, 3.63) is 93.8 Å². The van der Waals surface area contributed by atoms with E-state index in [4.69, 9.17) is 20.8 Å². The number of aryl methyl sites for hydroxylation is 1. The van der Waals surface area contributed by atoms with Gasteiger partial charge in [0.15, 0.2) is 5.75 Å². The standard InChI is InChI=1S/C28H26ClNO6S/c1-17(2)13-24(30-37(33,34)20-11-9-18(3)10-12-20)28(32)36-26-16-25-22(14-23(26)29)21(15-27(31)35-25)19-7-5-4-6-8-19/h4-12,14-17,24,30H,13H2,1-3H3/t24-/m1/s1. The highest BCUT2D eigenvalue weighted by molar-refractivity contribution is 7.89. The first-order chi connectivity index (χ1) is 17.5. The summed E-state index contributed by atoms with van der Waals surface area (Å²) in [7, 11) is -3.99. The maximum atomic E-state index is 13.2. The van der Waals surface area contributed by atoms with Crippen molar-refractivity contribution in [1.82, 2.24) is 4.72 Å². The van der Waals surface area contributed by atoms with Crippen molar-refractivity contribution >= 4 is 38.6 Å². The van der Waals surface area contributed by atoms with Crippen LogP contribution in [0.2, 0.25) is 5.02 Å². The Balaban J connectivity index is 1.66. The number of esters is 1. The third-order valence-electron chi connectivity index (χ3n) is 5.71. The highest BCUT2D eigenvalue weighted by atomic mass is 35.5. The van der Waals surface area contributed by atoms with Crippen molar-refractivity contribution in [3.63, 3.8) is 0 Å². The first kappa shape index (κ1) is 26.6. The van der Waals surface area contributed by atoms with Crippen LogP contribution in [0.1, 0.15) is 25.8 Å². The summed E-state index contributed by atoms with van der Waals surface area (Å²) in [5, 5.41) is 0.672. The Bertz CT molecular complexity index is 1600. The molecule has 0 aliphatic rings. The third-order valence-corrected chi connectivity index (χ3v) is 7.50. The number of fused-ring (bicyclic) bond motifs is 1. The highest BCUT2D eigenvalue weighted by Crippen LogP contribution is 2.35. The first-order valence-corrected chi connectivity index (χ1v) is 13.5. The van der Waals surface area contributed by atoms with E-state index in [9.17, 15) is 18.0 Å². The molecule has 0 saturated carbocycles. The van der Waals surface area contributed by atoms with Gasteiger partial charge >= 0.3 is 11.6 Å². The predicted octanol–water partition coefficient (Wildman–Crippen LogP) is 5.72. The lowest BCUT2D eigenvalue weighted by molar-refractivity contribution is -0.136. The molecule has 1 aromatic heterocycles. The van der Waals surface area contributed by atoms with Crippen molar-refractivity contribution in [2.75, 3.05) is 0 Å². The molecule has 0 saturated heterocycles. The number of ether oxygens (including phenoxy) is 1. The fourth-order valence-corrected chi connectivity index (χ4v) is 5.31. The highest BCUT2D eigenvalue weighted by Gasteiger charge is 2.29. The second kappa shape index (κ2) is 10.9. The zero-order valence-electron chi connectivity index (χ0n) is 20.5. The van der Waals surface area contributed by atoms with Gasteiger partial charge in [-0.05, 0) is 48.6 Å². The van der Waals surface area contributed by atoms with Crippen LogP contribution in [0, 0.1) is 12.8 Å². The van der Waals surface area contributed by atoms with Gasteiger partial charge in [0.25, 0.3) is 0 Å². The van der Waals surface area contributed by atoms with Crippen LogP contribution < -0.4 is 15.1 Å². The van der Waals surface area contributed by atoms with E-state index in [-0.39, 0.29) is 33.6 Å². The van der Waals surface area contributed by atoms with Gasteiger partial charge in [-0.1, -0.05) is 73.5 Å². The molecular weight excluding hydrogens is 514 g/mol. The molecule has 1 atom stereocenters. The number of hydrogen-bond acceptors (Lipinski definition) is 6. The minimum atomic E-state index is -3.99. The summed E-state index contributed by atoms with van der Waals surface area (Å²) >= 11 is 6.47. The average molecular weight is 540 g/mol. The quantitative estimate of drug-likeness (QED) is 0.174. The zero-order valence-corrected chi connectivity index (χ0v) is 22.1. The minimum Gasteiger partial charge on any atom is -0.424 e. The van der Waals surface area contributed by atoms with E-state index in [0.717, 1.165) is 11.1 Å². The van der Waals surface area contributed by atoms with Crippen molar-refractivity contribution < 1.29 is 22.4 Å². The van der Waals surface area contributed by atoms with Crippen LogP contribution >= 0.6 is 11.6 Å². The topological polar surface area (TPSA) is 103 Å². The maximum absolute atomic E-state index is 13.2. The molecule has 0 spiro atoms. The fraction of sp³-hybridized carbons (Fsp3) is 0.214. The molecular formula is C28H26ClNO6S. The number of nitrogens with one attached hydrogen (secondary N) is 1. The summed E-state index contributed by atoms with van der Waals surface area (Å²) in [5.74, 6) is -0.889. The van der Waals surface area contributed by atoms with Crippen LogP contribution in [0.25, 0.3) is 22.1 Å². The summed E-state index contributed by atoms with van der Waals surface area (Å²) in [4.78, 5) is 25.4. The number of halogens is 1. The first-order valence-electron chi connectivity index (χ1n) is 11.7. The largest absolute Gasteiger partial charge is 0.424 e. The van der Waals surface area contributed by atoms with E-state index in [1.165, 1.54) is 24.3 Å². The monoisotopic (exact) mass is 539 g/mol. The number of hydrogen-bond donors (Lipinski definition) is 1.